The SMILES string of the molecule is CCc1nc(NC2CCN(Cc3ccc4c(cc(C)n4C[C@H](C)N4CCC(S(C)(=O)=O)CC4)c3C)CC2)c2cc(CC(F)(F)F)sc2n1. The molecule has 1 aromatic carbocycles. The molecule has 2 fully saturated rings. The van der Waals surface area contributed by atoms with Gasteiger partial charge in [0.05, 0.1) is 17.1 Å². The fourth-order valence-corrected chi connectivity index (χ4v) is 9.57. The minimum atomic E-state index is -4.26. The van der Waals surface area contributed by atoms with Gasteiger partial charge in [-0.05, 0) is 88.9 Å². The highest BCUT2D eigenvalue weighted by atomic mass is 32.2. The molecule has 48 heavy (non-hydrogen) atoms. The number of nitrogens with one attached hydrogen (secondary N) is 1. The van der Waals surface area contributed by atoms with E-state index in [-0.39, 0.29) is 16.2 Å². The molecule has 8 nitrogen and oxygen atoms in total. The van der Waals surface area contributed by atoms with Crippen molar-refractivity contribution in [3.8, 4) is 0 Å². The number of hydrogen-bond donors (Lipinski definition) is 1. The molecule has 0 saturated carbocycles. The van der Waals surface area contributed by atoms with Crippen molar-refractivity contribution in [2.24, 2.45) is 0 Å². The van der Waals surface area contributed by atoms with E-state index in [4.69, 9.17) is 0 Å². The van der Waals surface area contributed by atoms with E-state index in [1.54, 1.807) is 6.07 Å². The molecule has 0 amide bonds. The van der Waals surface area contributed by atoms with Crippen LogP contribution in [0.2, 0.25) is 0 Å². The van der Waals surface area contributed by atoms with Crippen molar-refractivity contribution < 1.29 is 21.6 Å². The van der Waals surface area contributed by atoms with Gasteiger partial charge >= 0.3 is 6.18 Å². The van der Waals surface area contributed by atoms with Crippen molar-refractivity contribution in [1.29, 1.82) is 0 Å². The lowest BCUT2D eigenvalue weighted by Crippen LogP contribution is -2.44. The molecule has 6 rings (SSSR count). The van der Waals surface area contributed by atoms with E-state index in [1.165, 1.54) is 34.0 Å². The summed E-state index contributed by atoms with van der Waals surface area (Å²) in [7, 11) is -2.98. The van der Waals surface area contributed by atoms with Gasteiger partial charge in [-0.15, -0.1) is 11.3 Å². The highest BCUT2D eigenvalue weighted by molar-refractivity contribution is 7.91. The number of nitrogens with zero attached hydrogens (tertiary/aromatic N) is 5. The van der Waals surface area contributed by atoms with E-state index in [1.807, 2.05) is 6.92 Å². The summed E-state index contributed by atoms with van der Waals surface area (Å²) in [4.78, 5) is 15.0. The number of anilines is 1. The Morgan fingerprint density at radius 2 is 1.73 bits per heavy atom. The van der Waals surface area contributed by atoms with Gasteiger partial charge in [0.2, 0.25) is 0 Å². The molecule has 0 unspecified atom stereocenters. The predicted octanol–water partition coefficient (Wildman–Crippen LogP) is 6.90. The van der Waals surface area contributed by atoms with Gasteiger partial charge in [0, 0.05) is 72.4 Å². The van der Waals surface area contributed by atoms with Crippen molar-refractivity contribution >= 4 is 48.1 Å². The third kappa shape index (κ3) is 7.84. The quantitative estimate of drug-likeness (QED) is 0.192. The molecule has 0 bridgehead atoms. The molecule has 1 N–H and O–H groups in total. The summed E-state index contributed by atoms with van der Waals surface area (Å²) in [6, 6.07) is 8.91. The minimum absolute atomic E-state index is 0.189. The zero-order valence-electron chi connectivity index (χ0n) is 28.5. The van der Waals surface area contributed by atoms with E-state index >= 15 is 0 Å². The summed E-state index contributed by atoms with van der Waals surface area (Å²) in [6.07, 6.45) is 0.0187. The number of alkyl halides is 3. The molecule has 0 radical (unpaired) electrons. The van der Waals surface area contributed by atoms with Crippen LogP contribution in [0.25, 0.3) is 21.1 Å². The molecule has 262 valence electrons. The maximum atomic E-state index is 13.1. The lowest BCUT2D eigenvalue weighted by Gasteiger charge is -2.36. The zero-order chi connectivity index (χ0) is 34.4. The lowest BCUT2D eigenvalue weighted by atomic mass is 10.0. The number of aromatic nitrogens is 3. The van der Waals surface area contributed by atoms with Gasteiger partial charge in [-0.3, -0.25) is 9.80 Å². The molecule has 2 saturated heterocycles. The maximum Gasteiger partial charge on any atom is 0.393 e. The van der Waals surface area contributed by atoms with Crippen LogP contribution in [0.15, 0.2) is 24.3 Å². The predicted molar refractivity (Wildman–Crippen MR) is 189 cm³/mol. The number of likely N-dealkylation sites (tertiary alicyclic amines) is 2. The first-order valence-corrected chi connectivity index (χ1v) is 19.8. The fraction of sp³-hybridized carbons (Fsp3) is 0.600. The third-order valence-corrected chi connectivity index (χ3v) is 13.0. The van der Waals surface area contributed by atoms with E-state index in [0.717, 1.165) is 63.4 Å². The number of benzene rings is 1. The number of aryl methyl sites for hydroxylation is 3. The van der Waals surface area contributed by atoms with Gasteiger partial charge in [-0.1, -0.05) is 13.0 Å². The fourth-order valence-electron chi connectivity index (χ4n) is 7.43. The topological polar surface area (TPSA) is 83.4 Å². The van der Waals surface area contributed by atoms with E-state index in [9.17, 15) is 21.6 Å². The summed E-state index contributed by atoms with van der Waals surface area (Å²) < 4.78 is 65.7. The second kappa shape index (κ2) is 13.9. The second-order valence-electron chi connectivity index (χ2n) is 13.9. The van der Waals surface area contributed by atoms with Crippen LogP contribution >= 0.6 is 11.3 Å². The van der Waals surface area contributed by atoms with Gasteiger partial charge in [0.15, 0.2) is 0 Å². The summed E-state index contributed by atoms with van der Waals surface area (Å²) >= 11 is 1.10. The first-order valence-electron chi connectivity index (χ1n) is 17.0. The van der Waals surface area contributed by atoms with Crippen LogP contribution in [0.5, 0.6) is 0 Å². The molecule has 0 spiro atoms. The molecule has 1 atom stereocenters. The number of sulfone groups is 1. The van der Waals surface area contributed by atoms with Crippen LogP contribution < -0.4 is 5.32 Å². The van der Waals surface area contributed by atoms with Crippen LogP contribution in [-0.2, 0) is 35.8 Å². The molecular formula is C35H47F3N6O2S2. The summed E-state index contributed by atoms with van der Waals surface area (Å²) in [5.74, 6) is 1.29. The zero-order valence-corrected chi connectivity index (χ0v) is 30.2. The monoisotopic (exact) mass is 704 g/mol. The summed E-state index contributed by atoms with van der Waals surface area (Å²) in [5.41, 5.74) is 5.10. The van der Waals surface area contributed by atoms with Crippen molar-refractivity contribution in [3.05, 3.63) is 51.8 Å². The average Bonchev–Trinajstić information content (AvgIpc) is 3.58. The van der Waals surface area contributed by atoms with Crippen molar-refractivity contribution in [2.75, 3.05) is 37.8 Å². The molecular weight excluding hydrogens is 658 g/mol. The number of thiophene rings is 1. The van der Waals surface area contributed by atoms with Crippen molar-refractivity contribution in [1.82, 2.24) is 24.3 Å². The highest BCUT2D eigenvalue weighted by Gasteiger charge is 2.31. The van der Waals surface area contributed by atoms with Crippen LogP contribution in [0.4, 0.5) is 19.0 Å². The van der Waals surface area contributed by atoms with Gasteiger partial charge < -0.3 is 9.88 Å². The molecule has 13 heteroatoms. The Balaban J connectivity index is 1.08. The van der Waals surface area contributed by atoms with Gasteiger partial charge in [0.25, 0.3) is 0 Å². The molecule has 3 aromatic heterocycles. The van der Waals surface area contributed by atoms with E-state index in [0.29, 0.717) is 47.2 Å². The van der Waals surface area contributed by atoms with Gasteiger partial charge in [-0.25, -0.2) is 18.4 Å². The van der Waals surface area contributed by atoms with Crippen LogP contribution in [0.1, 0.15) is 67.1 Å². The average molecular weight is 705 g/mol. The Morgan fingerprint density at radius 1 is 1.02 bits per heavy atom. The maximum absolute atomic E-state index is 13.1. The lowest BCUT2D eigenvalue weighted by molar-refractivity contribution is -0.126. The second-order valence-corrected chi connectivity index (χ2v) is 17.3. The summed E-state index contributed by atoms with van der Waals surface area (Å²) in [6.45, 7) is 13.8. The molecule has 0 aliphatic carbocycles. The third-order valence-electron chi connectivity index (χ3n) is 10.3. The minimum Gasteiger partial charge on any atom is -0.367 e. The number of halogens is 3. The number of fused-ring (bicyclic) bond motifs is 2. The molecule has 4 aromatic rings. The van der Waals surface area contributed by atoms with Crippen molar-refractivity contribution in [3.63, 3.8) is 0 Å². The number of rotatable bonds is 10. The largest absolute Gasteiger partial charge is 0.393 e. The normalized spacial score (nSPS) is 18.7. The Labute approximate surface area is 285 Å². The smallest absolute Gasteiger partial charge is 0.367 e. The Hall–Kier alpha value is -2.74. The van der Waals surface area contributed by atoms with E-state index < -0.39 is 22.4 Å². The summed E-state index contributed by atoms with van der Waals surface area (Å²) in [5, 5.41) is 5.31. The highest BCUT2D eigenvalue weighted by Crippen LogP contribution is 2.34. The van der Waals surface area contributed by atoms with Gasteiger partial charge in [-0.2, -0.15) is 13.2 Å². The molecule has 2 aliphatic heterocycles. The first-order chi connectivity index (χ1) is 22.7. The van der Waals surface area contributed by atoms with Gasteiger partial charge in [0.1, 0.15) is 26.3 Å². The van der Waals surface area contributed by atoms with Crippen LogP contribution in [0, 0.1) is 13.8 Å². The van der Waals surface area contributed by atoms with Crippen molar-refractivity contribution in [2.45, 2.75) is 103 Å². The van der Waals surface area contributed by atoms with Crippen LogP contribution in [-0.4, -0.2) is 88.7 Å². The Bertz CT molecular complexity index is 1870. The number of hydrogen-bond acceptors (Lipinski definition) is 8. The van der Waals surface area contributed by atoms with Crippen LogP contribution in [0.3, 0.4) is 0 Å². The standard InChI is InChI=1S/C35H47F3N6O2S2/c1-6-32-40-33(30-18-27(19-35(36,37)38)47-34(30)41-32)39-26-9-13-42(14-10-26)21-25-7-8-31-29(24(25)4)17-22(2)44(31)20-23(3)43-15-11-28(12-16-43)48(5,45)46/h7-8,17-18,23,26,28H,6,9-16,19-21H2,1-5H3,(H,39,40,41)/t23-/m0/s1. The number of piperidine rings is 2. The molecule has 5 heterocycles. The molecule has 2 aliphatic rings. The van der Waals surface area contributed by atoms with E-state index in [2.05, 4.69) is 68.6 Å². The Kier molecular flexibility index (Phi) is 10.1. The Morgan fingerprint density at radius 3 is 2.38 bits per heavy atom. The first kappa shape index (κ1) is 35.1.